The highest BCUT2D eigenvalue weighted by molar-refractivity contribution is 9.11. The van der Waals surface area contributed by atoms with E-state index in [0.717, 1.165) is 9.85 Å². The summed E-state index contributed by atoms with van der Waals surface area (Å²) in [5.41, 5.74) is -0.0237. The van der Waals surface area contributed by atoms with E-state index in [9.17, 15) is 9.18 Å². The molecular weight excluding hydrogens is 271 g/mol. The summed E-state index contributed by atoms with van der Waals surface area (Å²) in [5, 5.41) is 9.15. The fourth-order valence-electron chi connectivity index (χ4n) is 1.19. The van der Waals surface area contributed by atoms with Crippen LogP contribution in [0.2, 0.25) is 0 Å². The highest BCUT2D eigenvalue weighted by atomic mass is 79.9. The number of rotatable bonds is 1. The van der Waals surface area contributed by atoms with Crippen molar-refractivity contribution in [1.29, 1.82) is 0 Å². The molecule has 0 unspecified atom stereocenters. The fraction of sp³-hybridized carbons (Fsp3) is 0. The van der Waals surface area contributed by atoms with Crippen molar-refractivity contribution in [1.82, 2.24) is 0 Å². The number of carbonyl (C=O) groups is 1. The van der Waals surface area contributed by atoms with Crippen LogP contribution in [0.1, 0.15) is 10.4 Å². The number of fused-ring (bicyclic) bond motifs is 1. The van der Waals surface area contributed by atoms with Crippen LogP contribution >= 0.6 is 27.3 Å². The second kappa shape index (κ2) is 3.33. The van der Waals surface area contributed by atoms with Crippen LogP contribution in [0.15, 0.2) is 22.0 Å². The van der Waals surface area contributed by atoms with Crippen molar-refractivity contribution in [3.63, 3.8) is 0 Å². The largest absolute Gasteiger partial charge is 0.478 e. The molecule has 0 aliphatic rings. The van der Waals surface area contributed by atoms with Crippen molar-refractivity contribution < 1.29 is 14.3 Å². The quantitative estimate of drug-likeness (QED) is 0.864. The van der Waals surface area contributed by atoms with Gasteiger partial charge < -0.3 is 5.11 Å². The maximum Gasteiger partial charge on any atom is 0.335 e. The van der Waals surface area contributed by atoms with Crippen molar-refractivity contribution in [2.75, 3.05) is 0 Å². The smallest absolute Gasteiger partial charge is 0.335 e. The van der Waals surface area contributed by atoms with Crippen molar-refractivity contribution in [2.24, 2.45) is 0 Å². The minimum Gasteiger partial charge on any atom is -0.478 e. The molecule has 14 heavy (non-hydrogen) atoms. The number of halogens is 2. The van der Waals surface area contributed by atoms with E-state index in [1.165, 1.54) is 17.4 Å². The zero-order chi connectivity index (χ0) is 10.3. The van der Waals surface area contributed by atoms with Crippen LogP contribution in [-0.4, -0.2) is 11.1 Å². The molecule has 2 aromatic rings. The van der Waals surface area contributed by atoms with Gasteiger partial charge in [-0.15, -0.1) is 11.3 Å². The molecule has 0 amide bonds. The molecule has 1 aromatic heterocycles. The Hall–Kier alpha value is -0.940. The Labute approximate surface area is 91.1 Å². The monoisotopic (exact) mass is 274 g/mol. The molecule has 0 radical (unpaired) electrons. The van der Waals surface area contributed by atoms with Crippen molar-refractivity contribution in [2.45, 2.75) is 0 Å². The Balaban J connectivity index is 2.77. The van der Waals surface area contributed by atoms with Crippen LogP contribution in [0.3, 0.4) is 0 Å². The zero-order valence-corrected chi connectivity index (χ0v) is 9.15. The lowest BCUT2D eigenvalue weighted by Crippen LogP contribution is -1.96. The third-order valence-electron chi connectivity index (χ3n) is 1.80. The number of hydrogen-bond donors (Lipinski definition) is 1. The standard InChI is InChI=1S/C9H4BrFO2S/c10-8-3-5-6(11)1-4(9(12)13)2-7(5)14-8/h1-3H,(H,12,13). The molecule has 0 aliphatic heterocycles. The predicted molar refractivity (Wildman–Crippen MR) is 56.4 cm³/mol. The summed E-state index contributed by atoms with van der Waals surface area (Å²) in [6.45, 7) is 0. The average Bonchev–Trinajstić information content (AvgIpc) is 2.45. The molecule has 2 nitrogen and oxygen atoms in total. The van der Waals surface area contributed by atoms with E-state index in [0.29, 0.717) is 10.1 Å². The van der Waals surface area contributed by atoms with Gasteiger partial charge in [0.1, 0.15) is 5.82 Å². The molecule has 1 aromatic carbocycles. The van der Waals surface area contributed by atoms with Crippen LogP contribution in [-0.2, 0) is 0 Å². The van der Waals surface area contributed by atoms with E-state index >= 15 is 0 Å². The Bertz CT molecular complexity index is 521. The summed E-state index contributed by atoms with van der Waals surface area (Å²) in [4.78, 5) is 10.6. The first kappa shape index (κ1) is 9.61. The minimum absolute atomic E-state index is 0.0237. The molecule has 0 saturated heterocycles. The van der Waals surface area contributed by atoms with Gasteiger partial charge in [0.15, 0.2) is 0 Å². The highest BCUT2D eigenvalue weighted by Gasteiger charge is 2.10. The van der Waals surface area contributed by atoms with Crippen molar-refractivity contribution >= 4 is 43.3 Å². The first-order chi connectivity index (χ1) is 6.58. The van der Waals surface area contributed by atoms with Gasteiger partial charge in [0.25, 0.3) is 0 Å². The van der Waals surface area contributed by atoms with E-state index in [1.54, 1.807) is 6.07 Å². The Morgan fingerprint density at radius 1 is 1.43 bits per heavy atom. The SMILES string of the molecule is O=C(O)c1cc(F)c2cc(Br)sc2c1. The van der Waals surface area contributed by atoms with Gasteiger partial charge in [-0.25, -0.2) is 9.18 Å². The van der Waals surface area contributed by atoms with Gasteiger partial charge in [-0.1, -0.05) is 0 Å². The lowest BCUT2D eigenvalue weighted by atomic mass is 10.2. The topological polar surface area (TPSA) is 37.3 Å². The van der Waals surface area contributed by atoms with Crippen LogP contribution in [0.4, 0.5) is 4.39 Å². The molecule has 1 N–H and O–H groups in total. The highest BCUT2D eigenvalue weighted by Crippen LogP contribution is 2.32. The van der Waals surface area contributed by atoms with Crippen molar-refractivity contribution in [3.8, 4) is 0 Å². The maximum absolute atomic E-state index is 13.3. The van der Waals surface area contributed by atoms with Gasteiger partial charge in [0.2, 0.25) is 0 Å². The van der Waals surface area contributed by atoms with Gasteiger partial charge in [0.05, 0.1) is 9.35 Å². The normalized spacial score (nSPS) is 10.7. The van der Waals surface area contributed by atoms with Gasteiger partial charge in [0, 0.05) is 10.1 Å². The Morgan fingerprint density at radius 2 is 2.14 bits per heavy atom. The van der Waals surface area contributed by atoms with Crippen LogP contribution < -0.4 is 0 Å². The predicted octanol–water partition coefficient (Wildman–Crippen LogP) is 3.50. The molecule has 0 fully saturated rings. The second-order valence-corrected chi connectivity index (χ2v) is 5.19. The minimum atomic E-state index is -1.12. The first-order valence-electron chi connectivity index (χ1n) is 3.70. The molecule has 5 heteroatoms. The summed E-state index contributed by atoms with van der Waals surface area (Å²) < 4.78 is 14.8. The Kier molecular flexibility index (Phi) is 2.28. The number of thiophene rings is 1. The van der Waals surface area contributed by atoms with Crippen molar-refractivity contribution in [3.05, 3.63) is 33.4 Å². The van der Waals surface area contributed by atoms with Crippen LogP contribution in [0, 0.1) is 5.82 Å². The van der Waals surface area contributed by atoms with E-state index < -0.39 is 11.8 Å². The molecule has 2 rings (SSSR count). The van der Waals surface area contributed by atoms with Gasteiger partial charge in [-0.2, -0.15) is 0 Å². The summed E-state index contributed by atoms with van der Waals surface area (Å²) in [5.74, 6) is -1.61. The van der Waals surface area contributed by atoms with E-state index in [1.807, 2.05) is 0 Å². The van der Waals surface area contributed by atoms with E-state index in [2.05, 4.69) is 15.9 Å². The number of carboxylic acid groups (broad SMARTS) is 1. The molecule has 0 saturated carbocycles. The molecule has 0 aliphatic carbocycles. The molecule has 1 heterocycles. The van der Waals surface area contributed by atoms with Gasteiger partial charge in [-0.05, 0) is 34.1 Å². The second-order valence-electron chi connectivity index (χ2n) is 2.73. The number of hydrogen-bond acceptors (Lipinski definition) is 2. The van der Waals surface area contributed by atoms with E-state index in [4.69, 9.17) is 5.11 Å². The average molecular weight is 275 g/mol. The first-order valence-corrected chi connectivity index (χ1v) is 5.31. The molecule has 0 atom stereocenters. The van der Waals surface area contributed by atoms with Crippen LogP contribution in [0.25, 0.3) is 10.1 Å². The Morgan fingerprint density at radius 3 is 2.79 bits per heavy atom. The van der Waals surface area contributed by atoms with E-state index in [-0.39, 0.29) is 5.56 Å². The molecular formula is C9H4BrFO2S. The molecule has 0 bridgehead atoms. The lowest BCUT2D eigenvalue weighted by Gasteiger charge is -1.95. The number of aromatic carboxylic acids is 1. The number of benzene rings is 1. The zero-order valence-electron chi connectivity index (χ0n) is 6.75. The third kappa shape index (κ3) is 1.53. The summed E-state index contributed by atoms with van der Waals surface area (Å²) >= 11 is 4.54. The summed E-state index contributed by atoms with van der Waals surface area (Å²) in [6, 6.07) is 4.14. The van der Waals surface area contributed by atoms with Gasteiger partial charge >= 0.3 is 5.97 Å². The number of carboxylic acids is 1. The molecule has 0 spiro atoms. The fourth-order valence-corrected chi connectivity index (χ4v) is 2.78. The van der Waals surface area contributed by atoms with Crippen LogP contribution in [0.5, 0.6) is 0 Å². The van der Waals surface area contributed by atoms with Gasteiger partial charge in [-0.3, -0.25) is 0 Å². The summed E-state index contributed by atoms with van der Waals surface area (Å²) in [7, 11) is 0. The summed E-state index contributed by atoms with van der Waals surface area (Å²) in [6.07, 6.45) is 0. The maximum atomic E-state index is 13.3. The molecule has 72 valence electrons. The third-order valence-corrected chi connectivity index (χ3v) is 3.39. The lowest BCUT2D eigenvalue weighted by molar-refractivity contribution is 0.0696.